The number of nitrogens with zero attached hydrogens (tertiary/aromatic N) is 1. The first-order chi connectivity index (χ1) is 8.86. The van der Waals surface area contributed by atoms with Crippen LogP contribution in [0, 0.1) is 0 Å². The Morgan fingerprint density at radius 2 is 2.22 bits per heavy atom. The van der Waals surface area contributed by atoms with E-state index in [1.807, 2.05) is 0 Å². The molecule has 0 saturated carbocycles. The molecule has 1 aliphatic heterocycles. The van der Waals surface area contributed by atoms with E-state index in [1.165, 1.54) is 0 Å². The molecule has 1 N–H and O–H groups in total. The lowest BCUT2D eigenvalue weighted by molar-refractivity contribution is -0.0253. The normalized spacial score (nSPS) is 21.3. The Kier molecular flexibility index (Phi) is 9.42. The van der Waals surface area contributed by atoms with Crippen molar-refractivity contribution in [3.05, 3.63) is 0 Å². The molecule has 18 heavy (non-hydrogen) atoms. The highest BCUT2D eigenvalue weighted by Crippen LogP contribution is 2.03. The zero-order valence-electron chi connectivity index (χ0n) is 11.8. The fraction of sp³-hybridized carbons (Fsp3) is 1.00. The molecule has 1 fully saturated rings. The third-order valence-electron chi connectivity index (χ3n) is 3.12. The molecule has 0 spiro atoms. The van der Waals surface area contributed by atoms with Gasteiger partial charge in [0.05, 0.1) is 25.9 Å². The van der Waals surface area contributed by atoms with Crippen molar-refractivity contribution in [2.24, 2.45) is 0 Å². The van der Waals surface area contributed by atoms with Gasteiger partial charge in [0.25, 0.3) is 0 Å². The molecule has 0 aromatic carbocycles. The Morgan fingerprint density at radius 3 is 3.00 bits per heavy atom. The number of hydrogen-bond acceptors (Lipinski definition) is 5. The predicted molar refractivity (Wildman–Crippen MR) is 72.0 cm³/mol. The molecule has 1 atom stereocenters. The standard InChI is InChI=1S/C13H28N2O3/c1-3-15-6-8-18-13(12-15)11-14-5-4-7-17-10-9-16-2/h13-14H,3-12H2,1-2H3. The summed E-state index contributed by atoms with van der Waals surface area (Å²) >= 11 is 0. The average Bonchev–Trinajstić information content (AvgIpc) is 2.42. The van der Waals surface area contributed by atoms with Crippen molar-refractivity contribution >= 4 is 0 Å². The topological polar surface area (TPSA) is 43.0 Å². The highest BCUT2D eigenvalue weighted by atomic mass is 16.5. The molecule has 1 heterocycles. The average molecular weight is 260 g/mol. The minimum atomic E-state index is 0.341. The van der Waals surface area contributed by atoms with E-state index in [0.29, 0.717) is 19.3 Å². The van der Waals surface area contributed by atoms with Crippen LogP contribution in [0.1, 0.15) is 13.3 Å². The van der Waals surface area contributed by atoms with Gasteiger partial charge >= 0.3 is 0 Å². The summed E-state index contributed by atoms with van der Waals surface area (Å²) in [7, 11) is 1.69. The van der Waals surface area contributed by atoms with Crippen LogP contribution in [0.15, 0.2) is 0 Å². The molecule has 0 amide bonds. The second-order valence-electron chi connectivity index (χ2n) is 4.55. The minimum absolute atomic E-state index is 0.341. The van der Waals surface area contributed by atoms with Crippen LogP contribution in [0.5, 0.6) is 0 Å². The van der Waals surface area contributed by atoms with Crippen molar-refractivity contribution in [1.29, 1.82) is 0 Å². The van der Waals surface area contributed by atoms with E-state index in [1.54, 1.807) is 7.11 Å². The Hall–Kier alpha value is -0.200. The van der Waals surface area contributed by atoms with Crippen molar-refractivity contribution in [3.8, 4) is 0 Å². The van der Waals surface area contributed by atoms with E-state index in [0.717, 1.165) is 52.4 Å². The van der Waals surface area contributed by atoms with Gasteiger partial charge in [0.2, 0.25) is 0 Å². The van der Waals surface area contributed by atoms with Crippen LogP contribution in [0.25, 0.3) is 0 Å². The van der Waals surface area contributed by atoms with Crippen molar-refractivity contribution < 1.29 is 14.2 Å². The SMILES string of the molecule is CCN1CCOC(CNCCCOCCOC)C1. The van der Waals surface area contributed by atoms with Crippen LogP contribution in [0.2, 0.25) is 0 Å². The maximum absolute atomic E-state index is 5.72. The van der Waals surface area contributed by atoms with Gasteiger partial charge < -0.3 is 19.5 Å². The lowest BCUT2D eigenvalue weighted by Crippen LogP contribution is -2.46. The molecular formula is C13H28N2O3. The minimum Gasteiger partial charge on any atom is -0.382 e. The number of hydrogen-bond donors (Lipinski definition) is 1. The first-order valence-electron chi connectivity index (χ1n) is 6.98. The molecule has 0 aromatic rings. The quantitative estimate of drug-likeness (QED) is 0.574. The first kappa shape index (κ1) is 15.9. The fourth-order valence-corrected chi connectivity index (χ4v) is 2.00. The van der Waals surface area contributed by atoms with E-state index < -0.39 is 0 Å². The smallest absolute Gasteiger partial charge is 0.0826 e. The monoisotopic (exact) mass is 260 g/mol. The zero-order chi connectivity index (χ0) is 13.1. The third-order valence-corrected chi connectivity index (χ3v) is 3.12. The molecule has 5 heteroatoms. The van der Waals surface area contributed by atoms with E-state index in [4.69, 9.17) is 14.2 Å². The van der Waals surface area contributed by atoms with Gasteiger partial charge in [-0.25, -0.2) is 0 Å². The van der Waals surface area contributed by atoms with Gasteiger partial charge in [-0.2, -0.15) is 0 Å². The summed E-state index contributed by atoms with van der Waals surface area (Å²) in [4.78, 5) is 2.43. The molecular weight excluding hydrogens is 232 g/mol. The number of nitrogens with one attached hydrogen (secondary N) is 1. The molecule has 108 valence electrons. The van der Waals surface area contributed by atoms with Crippen molar-refractivity contribution in [2.75, 3.05) is 66.3 Å². The van der Waals surface area contributed by atoms with Crippen LogP contribution in [0.4, 0.5) is 0 Å². The second kappa shape index (κ2) is 10.7. The molecule has 1 aliphatic rings. The summed E-state index contributed by atoms with van der Waals surface area (Å²) < 4.78 is 16.0. The Balaban J connectivity index is 1.88. The first-order valence-corrected chi connectivity index (χ1v) is 6.98. The highest BCUT2D eigenvalue weighted by molar-refractivity contribution is 4.72. The Morgan fingerprint density at radius 1 is 1.33 bits per heavy atom. The van der Waals surface area contributed by atoms with Gasteiger partial charge in [-0.15, -0.1) is 0 Å². The van der Waals surface area contributed by atoms with Crippen molar-refractivity contribution in [3.63, 3.8) is 0 Å². The molecule has 0 aromatic heterocycles. The van der Waals surface area contributed by atoms with Crippen LogP contribution in [0.3, 0.4) is 0 Å². The van der Waals surface area contributed by atoms with Crippen LogP contribution < -0.4 is 5.32 Å². The summed E-state index contributed by atoms with van der Waals surface area (Å²) in [5.41, 5.74) is 0. The van der Waals surface area contributed by atoms with Gasteiger partial charge in [-0.3, -0.25) is 4.90 Å². The lowest BCUT2D eigenvalue weighted by Gasteiger charge is -2.32. The predicted octanol–water partition coefficient (Wildman–Crippen LogP) is 0.350. The van der Waals surface area contributed by atoms with Crippen molar-refractivity contribution in [1.82, 2.24) is 10.2 Å². The van der Waals surface area contributed by atoms with Crippen LogP contribution >= 0.6 is 0 Å². The lowest BCUT2D eigenvalue weighted by atomic mass is 10.2. The van der Waals surface area contributed by atoms with E-state index in [-0.39, 0.29) is 0 Å². The Labute approximate surface area is 111 Å². The molecule has 0 aliphatic carbocycles. The molecule has 1 saturated heterocycles. The summed E-state index contributed by atoms with van der Waals surface area (Å²) in [6, 6.07) is 0. The third kappa shape index (κ3) is 7.28. The Bertz CT molecular complexity index is 193. The van der Waals surface area contributed by atoms with Crippen molar-refractivity contribution in [2.45, 2.75) is 19.4 Å². The molecule has 5 nitrogen and oxygen atoms in total. The van der Waals surface area contributed by atoms with Crippen LogP contribution in [-0.2, 0) is 14.2 Å². The largest absolute Gasteiger partial charge is 0.382 e. The number of methoxy groups -OCH3 is 1. The fourth-order valence-electron chi connectivity index (χ4n) is 2.00. The van der Waals surface area contributed by atoms with E-state index in [9.17, 15) is 0 Å². The maximum atomic E-state index is 5.72. The number of rotatable bonds is 10. The van der Waals surface area contributed by atoms with Gasteiger partial charge in [0, 0.05) is 33.4 Å². The summed E-state index contributed by atoms with van der Waals surface area (Å²) in [6.07, 6.45) is 1.38. The number of ether oxygens (including phenoxy) is 3. The highest BCUT2D eigenvalue weighted by Gasteiger charge is 2.18. The van der Waals surface area contributed by atoms with Gasteiger partial charge in [0.15, 0.2) is 0 Å². The number of likely N-dealkylation sites (N-methyl/N-ethyl adjacent to an activating group) is 1. The maximum Gasteiger partial charge on any atom is 0.0826 e. The zero-order valence-corrected chi connectivity index (χ0v) is 11.8. The van der Waals surface area contributed by atoms with Gasteiger partial charge in [0.1, 0.15) is 0 Å². The molecule has 1 unspecified atom stereocenters. The van der Waals surface area contributed by atoms with Crippen LogP contribution in [-0.4, -0.2) is 77.3 Å². The number of morpholine rings is 1. The molecule has 1 rings (SSSR count). The van der Waals surface area contributed by atoms with E-state index in [2.05, 4.69) is 17.1 Å². The summed E-state index contributed by atoms with van der Waals surface area (Å²) in [6.45, 7) is 10.4. The van der Waals surface area contributed by atoms with Gasteiger partial charge in [-0.1, -0.05) is 6.92 Å². The van der Waals surface area contributed by atoms with E-state index >= 15 is 0 Å². The molecule has 0 bridgehead atoms. The second-order valence-corrected chi connectivity index (χ2v) is 4.55. The van der Waals surface area contributed by atoms with Gasteiger partial charge in [-0.05, 0) is 19.5 Å². The summed E-state index contributed by atoms with van der Waals surface area (Å²) in [5.74, 6) is 0. The summed E-state index contributed by atoms with van der Waals surface area (Å²) in [5, 5.41) is 3.43. The molecule has 0 radical (unpaired) electrons.